The van der Waals surface area contributed by atoms with Gasteiger partial charge in [-0.2, -0.15) is 5.10 Å². The minimum atomic E-state index is 0.764. The van der Waals surface area contributed by atoms with Crippen LogP contribution in [-0.4, -0.2) is 19.2 Å². The van der Waals surface area contributed by atoms with Gasteiger partial charge in [0, 0.05) is 32.5 Å². The number of aromatic nitrogens is 4. The molecule has 0 atom stereocenters. The van der Waals surface area contributed by atoms with Crippen LogP contribution in [0.15, 0.2) is 36.7 Å². The molecule has 0 aromatic carbocycles. The average molecular weight is 255 g/mol. The van der Waals surface area contributed by atoms with Gasteiger partial charge in [-0.3, -0.25) is 4.68 Å². The number of rotatable bonds is 4. The van der Waals surface area contributed by atoms with E-state index in [1.165, 1.54) is 5.69 Å². The zero-order chi connectivity index (χ0) is 13.2. The Labute approximate surface area is 111 Å². The molecule has 3 heterocycles. The summed E-state index contributed by atoms with van der Waals surface area (Å²) >= 11 is 0. The first-order valence-corrected chi connectivity index (χ1v) is 6.36. The van der Waals surface area contributed by atoms with Gasteiger partial charge in [-0.15, -0.1) is 0 Å². The maximum Gasteiger partial charge on any atom is 0.137 e. The minimum Gasteiger partial charge on any atom is -0.305 e. The van der Waals surface area contributed by atoms with E-state index in [2.05, 4.69) is 19.8 Å². The highest BCUT2D eigenvalue weighted by atomic mass is 15.3. The second-order valence-corrected chi connectivity index (χ2v) is 4.66. The highest BCUT2D eigenvalue weighted by molar-refractivity contribution is 5.42. The molecule has 0 amide bonds. The van der Waals surface area contributed by atoms with E-state index in [-0.39, 0.29) is 0 Å². The molecule has 19 heavy (non-hydrogen) atoms. The van der Waals surface area contributed by atoms with E-state index in [0.717, 1.165) is 30.1 Å². The fraction of sp³-hybridized carbons (Fsp3) is 0.286. The number of nitrogens with zero attached hydrogens (tertiary/aromatic N) is 4. The molecule has 0 aliphatic rings. The van der Waals surface area contributed by atoms with Crippen molar-refractivity contribution < 1.29 is 0 Å². The molecule has 0 unspecified atom stereocenters. The molecular formula is C14H17N5. The lowest BCUT2D eigenvalue weighted by molar-refractivity contribution is 0.643. The van der Waals surface area contributed by atoms with E-state index in [1.54, 1.807) is 0 Å². The molecule has 0 bridgehead atoms. The van der Waals surface area contributed by atoms with Crippen molar-refractivity contribution in [3.05, 3.63) is 53.7 Å². The van der Waals surface area contributed by atoms with Crippen molar-refractivity contribution in [1.82, 2.24) is 24.5 Å². The monoisotopic (exact) mass is 255 g/mol. The van der Waals surface area contributed by atoms with E-state index in [0.29, 0.717) is 0 Å². The molecule has 0 spiro atoms. The summed E-state index contributed by atoms with van der Waals surface area (Å²) in [7, 11) is 1.93. The molecule has 0 aliphatic heterocycles. The summed E-state index contributed by atoms with van der Waals surface area (Å²) in [4.78, 5) is 4.55. The Morgan fingerprint density at radius 2 is 2.05 bits per heavy atom. The first kappa shape index (κ1) is 11.9. The lowest BCUT2D eigenvalue weighted by Gasteiger charge is -2.04. The number of fused-ring (bicyclic) bond motifs is 1. The number of nitrogens with one attached hydrogen (secondary N) is 1. The van der Waals surface area contributed by atoms with Gasteiger partial charge in [0.15, 0.2) is 0 Å². The van der Waals surface area contributed by atoms with Gasteiger partial charge in [0.1, 0.15) is 5.65 Å². The summed E-state index contributed by atoms with van der Waals surface area (Å²) in [5.74, 6) is 0. The van der Waals surface area contributed by atoms with E-state index >= 15 is 0 Å². The highest BCUT2D eigenvalue weighted by Gasteiger charge is 2.07. The van der Waals surface area contributed by atoms with Crippen LogP contribution in [0.2, 0.25) is 0 Å². The van der Waals surface area contributed by atoms with Crippen molar-refractivity contribution in [3.63, 3.8) is 0 Å². The topological polar surface area (TPSA) is 47.1 Å². The van der Waals surface area contributed by atoms with E-state index in [4.69, 9.17) is 0 Å². The molecule has 98 valence electrons. The van der Waals surface area contributed by atoms with E-state index in [1.807, 2.05) is 55.3 Å². The van der Waals surface area contributed by atoms with Crippen molar-refractivity contribution in [1.29, 1.82) is 0 Å². The van der Waals surface area contributed by atoms with Gasteiger partial charge in [0.25, 0.3) is 0 Å². The highest BCUT2D eigenvalue weighted by Crippen LogP contribution is 2.11. The third-order valence-corrected chi connectivity index (χ3v) is 3.20. The Morgan fingerprint density at radius 1 is 1.16 bits per heavy atom. The van der Waals surface area contributed by atoms with Crippen molar-refractivity contribution in [3.8, 4) is 0 Å². The zero-order valence-corrected chi connectivity index (χ0v) is 11.2. The molecule has 3 rings (SSSR count). The molecule has 0 fully saturated rings. The Morgan fingerprint density at radius 3 is 2.84 bits per heavy atom. The minimum absolute atomic E-state index is 0.764. The molecule has 3 aromatic rings. The third-order valence-electron chi connectivity index (χ3n) is 3.20. The predicted molar refractivity (Wildman–Crippen MR) is 73.7 cm³/mol. The van der Waals surface area contributed by atoms with Crippen molar-refractivity contribution in [2.24, 2.45) is 7.05 Å². The fourth-order valence-electron chi connectivity index (χ4n) is 2.24. The fourth-order valence-corrected chi connectivity index (χ4v) is 2.24. The van der Waals surface area contributed by atoms with Gasteiger partial charge in [0.05, 0.1) is 17.1 Å². The van der Waals surface area contributed by atoms with E-state index in [9.17, 15) is 0 Å². The van der Waals surface area contributed by atoms with Gasteiger partial charge in [-0.1, -0.05) is 6.07 Å². The number of pyridine rings is 1. The van der Waals surface area contributed by atoms with Crippen LogP contribution in [0, 0.1) is 6.92 Å². The third kappa shape index (κ3) is 2.37. The molecule has 1 N–H and O–H groups in total. The summed E-state index contributed by atoms with van der Waals surface area (Å²) in [5.41, 5.74) is 4.31. The van der Waals surface area contributed by atoms with Crippen LogP contribution < -0.4 is 5.32 Å². The Balaban J connectivity index is 1.73. The summed E-state index contributed by atoms with van der Waals surface area (Å²) in [6.07, 6.45) is 4.00. The predicted octanol–water partition coefficient (Wildman–Crippen LogP) is 1.67. The molecule has 5 heteroatoms. The van der Waals surface area contributed by atoms with Crippen LogP contribution in [0.5, 0.6) is 0 Å². The van der Waals surface area contributed by atoms with Crippen LogP contribution >= 0.6 is 0 Å². The molecule has 0 aliphatic carbocycles. The Hall–Kier alpha value is -2.14. The quantitative estimate of drug-likeness (QED) is 0.771. The SMILES string of the molecule is Cc1nc2ccccn2c1CNCc1ccn(C)n1. The van der Waals surface area contributed by atoms with Gasteiger partial charge < -0.3 is 9.72 Å². The molecule has 0 radical (unpaired) electrons. The van der Waals surface area contributed by atoms with Crippen LogP contribution in [-0.2, 0) is 20.1 Å². The smallest absolute Gasteiger partial charge is 0.137 e. The molecule has 0 saturated carbocycles. The van der Waals surface area contributed by atoms with Gasteiger partial charge in [-0.05, 0) is 25.1 Å². The largest absolute Gasteiger partial charge is 0.305 e. The van der Waals surface area contributed by atoms with Crippen LogP contribution in [0.3, 0.4) is 0 Å². The van der Waals surface area contributed by atoms with Crippen molar-refractivity contribution >= 4 is 5.65 Å². The number of hydrogen-bond acceptors (Lipinski definition) is 3. The van der Waals surface area contributed by atoms with Crippen LogP contribution in [0.25, 0.3) is 5.65 Å². The van der Waals surface area contributed by atoms with Crippen molar-refractivity contribution in [2.45, 2.75) is 20.0 Å². The van der Waals surface area contributed by atoms with Crippen LogP contribution in [0.1, 0.15) is 17.1 Å². The second-order valence-electron chi connectivity index (χ2n) is 4.66. The normalized spacial score (nSPS) is 11.3. The first-order chi connectivity index (χ1) is 9.24. The average Bonchev–Trinajstić information content (AvgIpc) is 2.94. The Kier molecular flexibility index (Phi) is 3.05. The molecule has 5 nitrogen and oxygen atoms in total. The lowest BCUT2D eigenvalue weighted by atomic mass is 10.3. The first-order valence-electron chi connectivity index (χ1n) is 6.36. The molecule has 0 saturated heterocycles. The standard InChI is InChI=1S/C14H17N5/c1-11-13(19-7-4-3-5-14(19)16-11)10-15-9-12-6-8-18(2)17-12/h3-8,15H,9-10H2,1-2H3. The summed E-state index contributed by atoms with van der Waals surface area (Å²) in [5, 5.41) is 7.76. The summed E-state index contributed by atoms with van der Waals surface area (Å²) in [6.45, 7) is 3.60. The molecule has 3 aromatic heterocycles. The lowest BCUT2D eigenvalue weighted by Crippen LogP contribution is -2.15. The number of imidazole rings is 1. The maximum atomic E-state index is 4.55. The Bertz CT molecular complexity index is 695. The number of aryl methyl sites for hydroxylation is 2. The van der Waals surface area contributed by atoms with Crippen molar-refractivity contribution in [2.75, 3.05) is 0 Å². The van der Waals surface area contributed by atoms with Gasteiger partial charge in [0.2, 0.25) is 0 Å². The zero-order valence-electron chi connectivity index (χ0n) is 11.2. The van der Waals surface area contributed by atoms with Gasteiger partial charge in [-0.25, -0.2) is 4.98 Å². The second kappa shape index (κ2) is 4.85. The van der Waals surface area contributed by atoms with Gasteiger partial charge >= 0.3 is 0 Å². The number of hydrogen-bond donors (Lipinski definition) is 1. The maximum absolute atomic E-state index is 4.55. The molecular weight excluding hydrogens is 238 g/mol. The van der Waals surface area contributed by atoms with E-state index < -0.39 is 0 Å². The summed E-state index contributed by atoms with van der Waals surface area (Å²) in [6, 6.07) is 8.08. The van der Waals surface area contributed by atoms with Crippen LogP contribution in [0.4, 0.5) is 0 Å². The summed E-state index contributed by atoms with van der Waals surface area (Å²) < 4.78 is 3.94.